The zero-order valence-electron chi connectivity index (χ0n) is 11.5. The van der Waals surface area contributed by atoms with E-state index in [-0.39, 0.29) is 5.82 Å². The van der Waals surface area contributed by atoms with Crippen molar-refractivity contribution in [1.82, 2.24) is 0 Å². The van der Waals surface area contributed by atoms with Crippen LogP contribution in [-0.4, -0.2) is 18.7 Å². The summed E-state index contributed by atoms with van der Waals surface area (Å²) in [4.78, 5) is 2.24. The lowest BCUT2D eigenvalue weighted by Gasteiger charge is -2.28. The Balaban J connectivity index is 1.92. The molecule has 0 saturated carbocycles. The lowest BCUT2D eigenvalue weighted by Crippen LogP contribution is -2.24. The fourth-order valence-electron chi connectivity index (χ4n) is 2.81. The minimum absolute atomic E-state index is 0.284. The van der Waals surface area contributed by atoms with Gasteiger partial charge in [-0.1, -0.05) is 24.3 Å². The van der Waals surface area contributed by atoms with Crippen molar-refractivity contribution in [2.24, 2.45) is 0 Å². The zero-order chi connectivity index (χ0) is 14.1. The third-order valence-corrected chi connectivity index (χ3v) is 3.96. The summed E-state index contributed by atoms with van der Waals surface area (Å²) in [6.07, 6.45) is 1.48. The maximum atomic E-state index is 12.9. The molecule has 0 radical (unpaired) electrons. The molecule has 0 bridgehead atoms. The number of halogens is 1. The number of nitrogens with zero attached hydrogens (tertiary/aromatic N) is 1. The van der Waals surface area contributed by atoms with Crippen molar-refractivity contribution < 1.29 is 9.50 Å². The largest absolute Gasteiger partial charge is 0.384 e. The van der Waals surface area contributed by atoms with Crippen LogP contribution in [0.5, 0.6) is 0 Å². The molecule has 1 heterocycles. The second kappa shape index (κ2) is 5.25. The molecule has 1 atom stereocenters. The molecule has 3 rings (SSSR count). The van der Waals surface area contributed by atoms with Crippen molar-refractivity contribution in [3.63, 3.8) is 0 Å². The molecule has 0 amide bonds. The van der Waals surface area contributed by atoms with Crippen LogP contribution < -0.4 is 4.90 Å². The highest BCUT2D eigenvalue weighted by molar-refractivity contribution is 5.57. The van der Waals surface area contributed by atoms with E-state index in [4.69, 9.17) is 0 Å². The average molecular weight is 271 g/mol. The Morgan fingerprint density at radius 3 is 2.55 bits per heavy atom. The van der Waals surface area contributed by atoms with Crippen LogP contribution in [0.25, 0.3) is 0 Å². The Labute approximate surface area is 118 Å². The van der Waals surface area contributed by atoms with Gasteiger partial charge in [-0.05, 0) is 47.7 Å². The Morgan fingerprint density at radius 1 is 1.10 bits per heavy atom. The molecule has 2 nitrogen and oxygen atoms in total. The number of benzene rings is 2. The van der Waals surface area contributed by atoms with E-state index < -0.39 is 6.10 Å². The van der Waals surface area contributed by atoms with Gasteiger partial charge in [-0.2, -0.15) is 0 Å². The fourth-order valence-corrected chi connectivity index (χ4v) is 2.81. The molecule has 0 aromatic heterocycles. The number of rotatable bonds is 2. The van der Waals surface area contributed by atoms with Crippen LogP contribution in [0.15, 0.2) is 42.5 Å². The standard InChI is InChI=1S/C17H18FNO/c1-19-10-2-3-13-11-14(6-9-16(13)19)17(20)12-4-7-15(18)8-5-12/h4-9,11,17,20H,2-3,10H2,1H3. The molecule has 1 aliphatic heterocycles. The van der Waals surface area contributed by atoms with Crippen LogP contribution in [0.4, 0.5) is 10.1 Å². The van der Waals surface area contributed by atoms with Crippen molar-refractivity contribution in [1.29, 1.82) is 0 Å². The summed E-state index contributed by atoms with van der Waals surface area (Å²) >= 11 is 0. The molecule has 0 spiro atoms. The maximum absolute atomic E-state index is 12.9. The van der Waals surface area contributed by atoms with Crippen molar-refractivity contribution in [3.8, 4) is 0 Å². The van der Waals surface area contributed by atoms with Gasteiger partial charge in [0.05, 0.1) is 0 Å². The SMILES string of the molecule is CN1CCCc2cc(C(O)c3ccc(F)cc3)ccc21. The van der Waals surface area contributed by atoms with Crippen LogP contribution in [0.1, 0.15) is 29.2 Å². The van der Waals surface area contributed by atoms with E-state index in [2.05, 4.69) is 24.1 Å². The van der Waals surface area contributed by atoms with Gasteiger partial charge >= 0.3 is 0 Å². The minimum Gasteiger partial charge on any atom is -0.384 e. The van der Waals surface area contributed by atoms with E-state index in [1.807, 2.05) is 6.07 Å². The Bertz CT molecular complexity index is 609. The van der Waals surface area contributed by atoms with Gasteiger partial charge in [0.1, 0.15) is 11.9 Å². The van der Waals surface area contributed by atoms with Crippen LogP contribution >= 0.6 is 0 Å². The molecule has 2 aromatic rings. The summed E-state index contributed by atoms with van der Waals surface area (Å²) < 4.78 is 12.9. The Kier molecular flexibility index (Phi) is 3.45. The van der Waals surface area contributed by atoms with Crippen LogP contribution in [-0.2, 0) is 6.42 Å². The van der Waals surface area contributed by atoms with Crippen molar-refractivity contribution in [2.45, 2.75) is 18.9 Å². The summed E-state index contributed by atoms with van der Waals surface area (Å²) in [5, 5.41) is 10.4. The molecule has 0 fully saturated rings. The maximum Gasteiger partial charge on any atom is 0.123 e. The Morgan fingerprint density at radius 2 is 1.80 bits per heavy atom. The smallest absolute Gasteiger partial charge is 0.123 e. The van der Waals surface area contributed by atoms with Gasteiger partial charge in [-0.15, -0.1) is 0 Å². The van der Waals surface area contributed by atoms with Gasteiger partial charge in [-0.3, -0.25) is 0 Å². The van der Waals surface area contributed by atoms with Gasteiger partial charge < -0.3 is 10.0 Å². The van der Waals surface area contributed by atoms with Gasteiger partial charge in [0.25, 0.3) is 0 Å². The highest BCUT2D eigenvalue weighted by Crippen LogP contribution is 2.30. The average Bonchev–Trinajstić information content (AvgIpc) is 2.47. The second-order valence-corrected chi connectivity index (χ2v) is 5.37. The normalized spacial score (nSPS) is 15.8. The molecule has 0 aliphatic carbocycles. The predicted molar refractivity (Wildman–Crippen MR) is 78.5 cm³/mol. The van der Waals surface area contributed by atoms with Crippen LogP contribution in [0, 0.1) is 5.82 Å². The first kappa shape index (κ1) is 13.1. The van der Waals surface area contributed by atoms with Gasteiger partial charge in [0, 0.05) is 19.3 Å². The first-order chi connectivity index (χ1) is 9.65. The quantitative estimate of drug-likeness (QED) is 0.906. The van der Waals surface area contributed by atoms with Crippen molar-refractivity contribution >= 4 is 5.69 Å². The first-order valence-electron chi connectivity index (χ1n) is 6.92. The monoisotopic (exact) mass is 271 g/mol. The van der Waals surface area contributed by atoms with E-state index in [1.165, 1.54) is 23.4 Å². The lowest BCUT2D eigenvalue weighted by atomic mass is 9.95. The van der Waals surface area contributed by atoms with Crippen LogP contribution in [0.2, 0.25) is 0 Å². The molecular formula is C17H18FNO. The van der Waals surface area contributed by atoms with Gasteiger partial charge in [0.15, 0.2) is 0 Å². The minimum atomic E-state index is -0.701. The second-order valence-electron chi connectivity index (χ2n) is 5.37. The van der Waals surface area contributed by atoms with Gasteiger partial charge in [-0.25, -0.2) is 4.39 Å². The summed E-state index contributed by atoms with van der Waals surface area (Å²) in [5.41, 5.74) is 4.10. The zero-order valence-corrected chi connectivity index (χ0v) is 11.5. The molecule has 2 aromatic carbocycles. The van der Waals surface area contributed by atoms with E-state index in [1.54, 1.807) is 12.1 Å². The Hall–Kier alpha value is -1.87. The molecular weight excluding hydrogens is 253 g/mol. The molecule has 3 heteroatoms. The molecule has 0 saturated heterocycles. The number of hydrogen-bond acceptors (Lipinski definition) is 2. The number of aliphatic hydroxyl groups is 1. The van der Waals surface area contributed by atoms with E-state index in [0.29, 0.717) is 0 Å². The summed E-state index contributed by atoms with van der Waals surface area (Å²) in [6, 6.07) is 12.1. The summed E-state index contributed by atoms with van der Waals surface area (Å²) in [5.74, 6) is -0.284. The van der Waals surface area contributed by atoms with E-state index >= 15 is 0 Å². The highest BCUT2D eigenvalue weighted by Gasteiger charge is 2.17. The van der Waals surface area contributed by atoms with Gasteiger partial charge in [0.2, 0.25) is 0 Å². The van der Waals surface area contributed by atoms with E-state index in [9.17, 15) is 9.50 Å². The molecule has 1 unspecified atom stereocenters. The fraction of sp³-hybridized carbons (Fsp3) is 0.294. The van der Waals surface area contributed by atoms with Crippen LogP contribution in [0.3, 0.4) is 0 Å². The molecule has 1 N–H and O–H groups in total. The number of anilines is 1. The predicted octanol–water partition coefficient (Wildman–Crippen LogP) is 3.29. The van der Waals surface area contributed by atoms with E-state index in [0.717, 1.165) is 30.5 Å². The summed E-state index contributed by atoms with van der Waals surface area (Å²) in [7, 11) is 2.09. The highest BCUT2D eigenvalue weighted by atomic mass is 19.1. The number of hydrogen-bond donors (Lipinski definition) is 1. The third kappa shape index (κ3) is 2.41. The summed E-state index contributed by atoms with van der Waals surface area (Å²) in [6.45, 7) is 1.08. The first-order valence-corrected chi connectivity index (χ1v) is 6.92. The topological polar surface area (TPSA) is 23.5 Å². The lowest BCUT2D eigenvalue weighted by molar-refractivity contribution is 0.220. The molecule has 104 valence electrons. The number of aliphatic hydroxyl groups excluding tert-OH is 1. The molecule has 1 aliphatic rings. The number of aryl methyl sites for hydroxylation is 1. The van der Waals surface area contributed by atoms with Crippen molar-refractivity contribution in [2.75, 3.05) is 18.5 Å². The molecule has 20 heavy (non-hydrogen) atoms. The third-order valence-electron chi connectivity index (χ3n) is 3.96. The number of fused-ring (bicyclic) bond motifs is 1. The van der Waals surface area contributed by atoms with Crippen molar-refractivity contribution in [3.05, 3.63) is 65.0 Å².